The number of rotatable bonds is 21. The maximum atomic E-state index is 9.46. The second kappa shape index (κ2) is 18.2. The van der Waals surface area contributed by atoms with Gasteiger partial charge in [-0.1, -0.05) is 45.4 Å². The third-order valence-electron chi connectivity index (χ3n) is 4.97. The molecule has 0 bridgehead atoms. The van der Waals surface area contributed by atoms with E-state index in [4.69, 9.17) is 24.1 Å². The van der Waals surface area contributed by atoms with Crippen molar-refractivity contribution in [3.63, 3.8) is 0 Å². The normalized spacial score (nSPS) is 14.7. The van der Waals surface area contributed by atoms with Crippen LogP contribution in [0.25, 0.3) is 0 Å². The van der Waals surface area contributed by atoms with Crippen LogP contribution < -0.4 is 0 Å². The maximum Gasteiger partial charge on any atom is 0.286 e. The molecule has 0 rings (SSSR count). The number of ether oxygens (including phenoxy) is 4. The van der Waals surface area contributed by atoms with E-state index in [1.165, 1.54) is 32.1 Å². The van der Waals surface area contributed by atoms with Crippen molar-refractivity contribution in [2.75, 3.05) is 19.8 Å². The van der Waals surface area contributed by atoms with E-state index in [0.717, 1.165) is 25.7 Å². The predicted octanol–water partition coefficient (Wildman–Crippen LogP) is 5.43. The second-order valence-electron chi connectivity index (χ2n) is 9.41. The number of aliphatic hydroxyl groups is 2. The summed E-state index contributed by atoms with van der Waals surface area (Å²) in [7, 11) is 0. The zero-order valence-electron chi connectivity index (χ0n) is 21.4. The molecule has 0 aromatic heterocycles. The van der Waals surface area contributed by atoms with Gasteiger partial charge in [0.2, 0.25) is 0 Å². The average molecular weight is 449 g/mol. The standard InChI is InChI=1S/C25H52O6/c1-8-9-10-11-12-13-15-23(16-14-17-28-19-24(27)18-26)25(29-20(2)3,30-21(4)5)31-22(6)7/h20-24,26-27H,8-19H2,1-7H3. The summed E-state index contributed by atoms with van der Waals surface area (Å²) in [6.07, 6.45) is 9.15. The molecule has 0 fully saturated rings. The lowest BCUT2D eigenvalue weighted by atomic mass is 9.92. The Balaban J connectivity index is 5.23. The van der Waals surface area contributed by atoms with Crippen molar-refractivity contribution in [1.82, 2.24) is 0 Å². The van der Waals surface area contributed by atoms with Gasteiger partial charge in [0.15, 0.2) is 0 Å². The summed E-state index contributed by atoms with van der Waals surface area (Å²) in [5.41, 5.74) is 0. The zero-order chi connectivity index (χ0) is 23.7. The van der Waals surface area contributed by atoms with Gasteiger partial charge in [-0.2, -0.15) is 0 Å². The Morgan fingerprint density at radius 2 is 1.19 bits per heavy atom. The van der Waals surface area contributed by atoms with Gasteiger partial charge in [0.1, 0.15) is 6.10 Å². The van der Waals surface area contributed by atoms with Gasteiger partial charge in [0.25, 0.3) is 5.97 Å². The first-order valence-corrected chi connectivity index (χ1v) is 12.6. The molecule has 6 nitrogen and oxygen atoms in total. The first-order chi connectivity index (χ1) is 14.7. The van der Waals surface area contributed by atoms with Crippen molar-refractivity contribution in [2.24, 2.45) is 5.92 Å². The van der Waals surface area contributed by atoms with E-state index in [-0.39, 0.29) is 37.4 Å². The Morgan fingerprint density at radius 1 is 0.710 bits per heavy atom. The molecule has 2 N–H and O–H groups in total. The molecule has 2 atom stereocenters. The van der Waals surface area contributed by atoms with E-state index >= 15 is 0 Å². The third-order valence-corrected chi connectivity index (χ3v) is 4.97. The van der Waals surface area contributed by atoms with Crippen LogP contribution in [0.2, 0.25) is 0 Å². The van der Waals surface area contributed by atoms with E-state index < -0.39 is 12.1 Å². The predicted molar refractivity (Wildman–Crippen MR) is 126 cm³/mol. The molecule has 31 heavy (non-hydrogen) atoms. The Bertz CT molecular complexity index is 373. The lowest BCUT2D eigenvalue weighted by Crippen LogP contribution is -2.51. The van der Waals surface area contributed by atoms with Crippen LogP contribution in [0.1, 0.15) is 106 Å². The molecule has 0 aliphatic rings. The first kappa shape index (κ1) is 30.8. The van der Waals surface area contributed by atoms with Gasteiger partial charge in [-0.3, -0.25) is 0 Å². The molecular weight excluding hydrogens is 396 g/mol. The van der Waals surface area contributed by atoms with Crippen molar-refractivity contribution in [2.45, 2.75) is 137 Å². The van der Waals surface area contributed by atoms with Gasteiger partial charge in [0, 0.05) is 12.5 Å². The van der Waals surface area contributed by atoms with E-state index in [2.05, 4.69) is 6.92 Å². The van der Waals surface area contributed by atoms with Crippen LogP contribution in [-0.4, -0.2) is 60.4 Å². The van der Waals surface area contributed by atoms with Crippen LogP contribution in [0.15, 0.2) is 0 Å². The number of hydrogen-bond acceptors (Lipinski definition) is 6. The second-order valence-corrected chi connectivity index (χ2v) is 9.41. The summed E-state index contributed by atoms with van der Waals surface area (Å²) in [6.45, 7) is 14.7. The summed E-state index contributed by atoms with van der Waals surface area (Å²) in [6, 6.07) is 0. The first-order valence-electron chi connectivity index (χ1n) is 12.6. The summed E-state index contributed by atoms with van der Waals surface area (Å²) >= 11 is 0. The SMILES string of the molecule is CCCCCCCCC(CCCOCC(O)CO)C(OC(C)C)(OC(C)C)OC(C)C. The molecular formula is C25H52O6. The van der Waals surface area contributed by atoms with E-state index in [0.29, 0.717) is 6.61 Å². The topological polar surface area (TPSA) is 77.4 Å². The van der Waals surface area contributed by atoms with Gasteiger partial charge >= 0.3 is 0 Å². The lowest BCUT2D eigenvalue weighted by Gasteiger charge is -2.43. The van der Waals surface area contributed by atoms with Crippen LogP contribution >= 0.6 is 0 Å². The van der Waals surface area contributed by atoms with Crippen LogP contribution in [0.3, 0.4) is 0 Å². The highest BCUT2D eigenvalue weighted by Gasteiger charge is 2.44. The monoisotopic (exact) mass is 448 g/mol. The maximum absolute atomic E-state index is 9.46. The van der Waals surface area contributed by atoms with Gasteiger partial charge < -0.3 is 29.2 Å². The van der Waals surface area contributed by atoms with E-state index in [1.54, 1.807) is 0 Å². The Morgan fingerprint density at radius 3 is 1.68 bits per heavy atom. The molecule has 0 aromatic rings. The molecule has 0 aromatic carbocycles. The highest BCUT2D eigenvalue weighted by atomic mass is 16.9. The minimum Gasteiger partial charge on any atom is -0.394 e. The quantitative estimate of drug-likeness (QED) is 0.180. The Hall–Kier alpha value is -0.240. The molecule has 2 unspecified atom stereocenters. The van der Waals surface area contributed by atoms with Gasteiger partial charge in [-0.05, 0) is 60.8 Å². The fourth-order valence-electron chi connectivity index (χ4n) is 3.73. The van der Waals surface area contributed by atoms with Gasteiger partial charge in [0.05, 0.1) is 31.5 Å². The minimum absolute atomic E-state index is 0.0273. The fraction of sp³-hybridized carbons (Fsp3) is 1.00. The molecule has 0 aliphatic carbocycles. The molecule has 0 aliphatic heterocycles. The Kier molecular flexibility index (Phi) is 18.1. The largest absolute Gasteiger partial charge is 0.394 e. The molecule has 188 valence electrons. The molecule has 0 radical (unpaired) electrons. The molecule has 0 spiro atoms. The van der Waals surface area contributed by atoms with Crippen LogP contribution in [-0.2, 0) is 18.9 Å². The van der Waals surface area contributed by atoms with Crippen molar-refractivity contribution in [3.05, 3.63) is 0 Å². The molecule has 0 amide bonds. The van der Waals surface area contributed by atoms with Crippen LogP contribution in [0.5, 0.6) is 0 Å². The highest BCUT2D eigenvalue weighted by Crippen LogP contribution is 2.37. The van der Waals surface area contributed by atoms with Crippen molar-refractivity contribution in [1.29, 1.82) is 0 Å². The van der Waals surface area contributed by atoms with Crippen LogP contribution in [0.4, 0.5) is 0 Å². The number of hydrogen-bond donors (Lipinski definition) is 2. The summed E-state index contributed by atoms with van der Waals surface area (Å²) in [5, 5.41) is 18.4. The lowest BCUT2D eigenvalue weighted by molar-refractivity contribution is -0.433. The molecule has 0 saturated carbocycles. The van der Waals surface area contributed by atoms with E-state index in [9.17, 15) is 5.11 Å². The van der Waals surface area contributed by atoms with Crippen molar-refractivity contribution in [3.8, 4) is 0 Å². The molecule has 6 heteroatoms. The number of aliphatic hydroxyl groups excluding tert-OH is 2. The van der Waals surface area contributed by atoms with E-state index in [1.807, 2.05) is 41.5 Å². The minimum atomic E-state index is -1.08. The van der Waals surface area contributed by atoms with Crippen molar-refractivity contribution >= 4 is 0 Å². The van der Waals surface area contributed by atoms with Crippen molar-refractivity contribution < 1.29 is 29.2 Å². The fourth-order valence-corrected chi connectivity index (χ4v) is 3.73. The summed E-state index contributed by atoms with van der Waals surface area (Å²) < 4.78 is 24.6. The molecule has 0 saturated heterocycles. The zero-order valence-corrected chi connectivity index (χ0v) is 21.4. The summed E-state index contributed by atoms with van der Waals surface area (Å²) in [5.74, 6) is -0.998. The van der Waals surface area contributed by atoms with Gasteiger partial charge in [-0.15, -0.1) is 0 Å². The molecule has 0 heterocycles. The van der Waals surface area contributed by atoms with Crippen LogP contribution in [0, 0.1) is 5.92 Å². The Labute approximate surface area is 192 Å². The number of unbranched alkanes of at least 4 members (excludes halogenated alkanes) is 5. The smallest absolute Gasteiger partial charge is 0.286 e. The summed E-state index contributed by atoms with van der Waals surface area (Å²) in [4.78, 5) is 0. The average Bonchev–Trinajstić information content (AvgIpc) is 2.66. The highest BCUT2D eigenvalue weighted by molar-refractivity contribution is 4.76. The third kappa shape index (κ3) is 15.3. The van der Waals surface area contributed by atoms with Gasteiger partial charge in [-0.25, -0.2) is 0 Å².